The van der Waals surface area contributed by atoms with E-state index in [9.17, 15) is 4.79 Å². The van der Waals surface area contributed by atoms with Gasteiger partial charge >= 0.3 is 0 Å². The van der Waals surface area contributed by atoms with Gasteiger partial charge in [0.1, 0.15) is 11.3 Å². The molecule has 3 heterocycles. The number of piperazine rings is 1. The normalized spacial score (nSPS) is 16.0. The summed E-state index contributed by atoms with van der Waals surface area (Å²) in [6.07, 6.45) is 4.35. The maximum absolute atomic E-state index is 10.9. The highest BCUT2D eigenvalue weighted by Gasteiger charge is 2.20. The summed E-state index contributed by atoms with van der Waals surface area (Å²) < 4.78 is 1.82. The summed E-state index contributed by atoms with van der Waals surface area (Å²) in [7, 11) is 0. The van der Waals surface area contributed by atoms with Gasteiger partial charge in [-0.15, -0.1) is 0 Å². The Balaban J connectivity index is 1.67. The molecule has 1 fully saturated rings. The van der Waals surface area contributed by atoms with Crippen LogP contribution in [0.4, 0.5) is 5.82 Å². The van der Waals surface area contributed by atoms with Crippen LogP contribution >= 0.6 is 23.2 Å². The van der Waals surface area contributed by atoms with Crippen molar-refractivity contribution in [3.05, 3.63) is 46.2 Å². The van der Waals surface area contributed by atoms with Crippen LogP contribution in [0, 0.1) is 0 Å². The van der Waals surface area contributed by atoms with E-state index in [0.29, 0.717) is 28.8 Å². The molecule has 27 heavy (non-hydrogen) atoms. The topological polar surface area (TPSA) is 67.2 Å². The van der Waals surface area contributed by atoms with E-state index in [1.807, 2.05) is 23.7 Å². The van der Waals surface area contributed by atoms with Gasteiger partial charge in [-0.2, -0.15) is 5.10 Å². The van der Waals surface area contributed by atoms with Crippen molar-refractivity contribution in [2.24, 2.45) is 0 Å². The van der Waals surface area contributed by atoms with Gasteiger partial charge in [-0.25, -0.2) is 14.6 Å². The molecule has 0 saturated carbocycles. The highest BCUT2D eigenvalue weighted by molar-refractivity contribution is 6.35. The number of amides is 1. The number of carbonyl (C=O) groups excluding carboxylic acids is 1. The second-order valence-corrected chi connectivity index (χ2v) is 7.34. The first-order valence-corrected chi connectivity index (χ1v) is 9.42. The predicted molar refractivity (Wildman–Crippen MR) is 105 cm³/mol. The van der Waals surface area contributed by atoms with Gasteiger partial charge in [-0.3, -0.25) is 4.79 Å². The highest BCUT2D eigenvalue weighted by atomic mass is 35.5. The van der Waals surface area contributed by atoms with Gasteiger partial charge in [0.15, 0.2) is 5.65 Å². The molecule has 9 heteroatoms. The van der Waals surface area contributed by atoms with Crippen LogP contribution in [0.3, 0.4) is 0 Å². The number of nitrogens with zero attached hydrogens (tertiary/aromatic N) is 6. The van der Waals surface area contributed by atoms with Crippen LogP contribution in [0.25, 0.3) is 11.2 Å². The third-order valence-corrected chi connectivity index (χ3v) is 5.42. The Morgan fingerprint density at radius 2 is 1.93 bits per heavy atom. The zero-order valence-electron chi connectivity index (χ0n) is 14.7. The van der Waals surface area contributed by atoms with Gasteiger partial charge < -0.3 is 9.80 Å². The van der Waals surface area contributed by atoms with Crippen molar-refractivity contribution >= 4 is 46.6 Å². The number of anilines is 1. The number of hydrogen-bond donors (Lipinski definition) is 0. The molecule has 0 aliphatic carbocycles. The number of carbonyl (C=O) groups is 1. The summed E-state index contributed by atoms with van der Waals surface area (Å²) >= 11 is 12.4. The lowest BCUT2D eigenvalue weighted by atomic mass is 10.1. The molecule has 0 radical (unpaired) electrons. The minimum absolute atomic E-state index is 0.122. The van der Waals surface area contributed by atoms with Crippen LogP contribution in [0.2, 0.25) is 10.0 Å². The third kappa shape index (κ3) is 3.44. The molecule has 4 rings (SSSR count). The lowest BCUT2D eigenvalue weighted by Crippen LogP contribution is -2.46. The van der Waals surface area contributed by atoms with Crippen molar-refractivity contribution in [1.82, 2.24) is 24.6 Å². The van der Waals surface area contributed by atoms with E-state index >= 15 is 0 Å². The predicted octanol–water partition coefficient (Wildman–Crippen LogP) is 3.02. The van der Waals surface area contributed by atoms with Crippen molar-refractivity contribution in [3.63, 3.8) is 0 Å². The molecule has 1 amide bonds. The van der Waals surface area contributed by atoms with Crippen LogP contribution < -0.4 is 4.90 Å². The number of benzene rings is 1. The van der Waals surface area contributed by atoms with Crippen LogP contribution in [-0.2, 0) is 4.79 Å². The van der Waals surface area contributed by atoms with Crippen molar-refractivity contribution < 1.29 is 4.79 Å². The van der Waals surface area contributed by atoms with E-state index in [4.69, 9.17) is 28.2 Å². The summed E-state index contributed by atoms with van der Waals surface area (Å²) in [5.41, 5.74) is 2.34. The molecule has 1 aliphatic heterocycles. The maximum atomic E-state index is 10.9. The number of rotatable bonds is 4. The molecule has 3 aromatic rings. The first-order chi connectivity index (χ1) is 13.1. The Morgan fingerprint density at radius 3 is 2.63 bits per heavy atom. The molecule has 140 valence electrons. The van der Waals surface area contributed by atoms with Crippen molar-refractivity contribution in [3.8, 4) is 0 Å². The van der Waals surface area contributed by atoms with Crippen LogP contribution in [-0.4, -0.2) is 57.2 Å². The molecule has 7 nitrogen and oxygen atoms in total. The lowest BCUT2D eigenvalue weighted by Gasteiger charge is -2.33. The fraction of sp³-hybridized carbons (Fsp3) is 0.333. The van der Waals surface area contributed by atoms with Crippen LogP contribution in [0.15, 0.2) is 30.6 Å². The van der Waals surface area contributed by atoms with Gasteiger partial charge in [0.05, 0.1) is 18.4 Å². The quantitative estimate of drug-likeness (QED) is 0.625. The second-order valence-electron chi connectivity index (χ2n) is 6.50. The molecule has 1 atom stereocenters. The number of fused-ring (bicyclic) bond motifs is 1. The average Bonchev–Trinajstić information content (AvgIpc) is 3.11. The monoisotopic (exact) mass is 404 g/mol. The minimum atomic E-state index is -0.122. The summed E-state index contributed by atoms with van der Waals surface area (Å²) in [5, 5.41) is 5.66. The van der Waals surface area contributed by atoms with Gasteiger partial charge in [0.25, 0.3) is 0 Å². The number of aromatic nitrogens is 4. The molecule has 0 bridgehead atoms. The Hall–Kier alpha value is -2.38. The number of hydrogen-bond acceptors (Lipinski definition) is 5. The first-order valence-electron chi connectivity index (χ1n) is 8.66. The van der Waals surface area contributed by atoms with Gasteiger partial charge in [0, 0.05) is 36.2 Å². The van der Waals surface area contributed by atoms with E-state index in [2.05, 4.69) is 15.0 Å². The largest absolute Gasteiger partial charge is 0.352 e. The molecular formula is C18H18Cl2N6O. The van der Waals surface area contributed by atoms with E-state index in [1.165, 1.54) is 0 Å². The molecular weight excluding hydrogens is 387 g/mol. The Morgan fingerprint density at radius 1 is 1.15 bits per heavy atom. The van der Waals surface area contributed by atoms with Crippen molar-refractivity contribution in [2.45, 2.75) is 13.0 Å². The van der Waals surface area contributed by atoms with E-state index < -0.39 is 0 Å². The summed E-state index contributed by atoms with van der Waals surface area (Å²) in [5.74, 6) is 0.782. The van der Waals surface area contributed by atoms with Crippen molar-refractivity contribution in [1.29, 1.82) is 0 Å². The third-order valence-electron chi connectivity index (χ3n) is 4.86. The fourth-order valence-corrected chi connectivity index (χ4v) is 3.84. The molecule has 1 aliphatic rings. The molecule has 1 aromatic carbocycles. The molecule has 1 saturated heterocycles. The second kappa shape index (κ2) is 7.32. The summed E-state index contributed by atoms with van der Waals surface area (Å²) in [4.78, 5) is 24.1. The van der Waals surface area contributed by atoms with E-state index in [-0.39, 0.29) is 6.04 Å². The molecule has 1 unspecified atom stereocenters. The van der Waals surface area contributed by atoms with Crippen LogP contribution in [0.5, 0.6) is 0 Å². The number of halogens is 2. The Kier molecular flexibility index (Phi) is 4.88. The summed E-state index contributed by atoms with van der Waals surface area (Å²) in [6.45, 7) is 4.83. The lowest BCUT2D eigenvalue weighted by molar-refractivity contribution is -0.118. The summed E-state index contributed by atoms with van der Waals surface area (Å²) in [6, 6.07) is 5.32. The minimum Gasteiger partial charge on any atom is -0.352 e. The van der Waals surface area contributed by atoms with Gasteiger partial charge in [-0.05, 0) is 24.6 Å². The average molecular weight is 405 g/mol. The zero-order chi connectivity index (χ0) is 19.0. The standard InChI is InChI=1S/C18H18Cl2N6O/c1-12(14-3-2-13(19)8-15(14)20)26-18-16(9-22-26)21-10-17(23-18)25-6-4-24(11-27)5-7-25/h2-3,8-12H,4-7H2,1H3. The smallest absolute Gasteiger partial charge is 0.209 e. The first kappa shape index (κ1) is 18.0. The van der Waals surface area contributed by atoms with Gasteiger partial charge in [-0.1, -0.05) is 29.3 Å². The highest BCUT2D eigenvalue weighted by Crippen LogP contribution is 2.30. The van der Waals surface area contributed by atoms with E-state index in [1.54, 1.807) is 23.4 Å². The Bertz CT molecular complexity index is 983. The molecule has 0 N–H and O–H groups in total. The van der Waals surface area contributed by atoms with Crippen LogP contribution in [0.1, 0.15) is 18.5 Å². The van der Waals surface area contributed by atoms with Gasteiger partial charge in [0.2, 0.25) is 6.41 Å². The van der Waals surface area contributed by atoms with E-state index in [0.717, 1.165) is 36.4 Å². The maximum Gasteiger partial charge on any atom is 0.209 e. The fourth-order valence-electron chi connectivity index (χ4n) is 3.28. The SMILES string of the molecule is CC(c1ccc(Cl)cc1Cl)n1ncc2ncc(N3CCN(C=O)CC3)nc21. The zero-order valence-corrected chi connectivity index (χ0v) is 16.2. The molecule has 0 spiro atoms. The molecule has 2 aromatic heterocycles. The Labute approximate surface area is 166 Å². The van der Waals surface area contributed by atoms with Crippen molar-refractivity contribution in [2.75, 3.05) is 31.1 Å².